The van der Waals surface area contributed by atoms with Gasteiger partial charge < -0.3 is 10.4 Å². The monoisotopic (exact) mass is 390 g/mol. The molecule has 0 atom stereocenters. The molecule has 0 saturated carbocycles. The van der Waals surface area contributed by atoms with Gasteiger partial charge in [-0.1, -0.05) is 18.2 Å². The molecule has 0 aliphatic heterocycles. The van der Waals surface area contributed by atoms with Crippen LogP contribution in [0.4, 0.5) is 23.2 Å². The number of nitrogens with one attached hydrogen (secondary N) is 1. The Labute approximate surface area is 157 Å². The van der Waals surface area contributed by atoms with Crippen molar-refractivity contribution in [1.29, 1.82) is 0 Å². The van der Waals surface area contributed by atoms with Gasteiger partial charge in [-0.3, -0.25) is 4.98 Å². The summed E-state index contributed by atoms with van der Waals surface area (Å²) < 4.78 is 51.3. The van der Waals surface area contributed by atoms with Gasteiger partial charge in [0.2, 0.25) is 0 Å². The molecule has 4 nitrogen and oxygen atoms in total. The highest BCUT2D eigenvalue weighted by atomic mass is 19.4. The smallest absolute Gasteiger partial charge is 0.416 e. The van der Waals surface area contributed by atoms with Crippen LogP contribution in [0.3, 0.4) is 0 Å². The van der Waals surface area contributed by atoms with Gasteiger partial charge in [-0.15, -0.1) is 0 Å². The number of pyridine rings is 1. The molecule has 144 valence electrons. The van der Waals surface area contributed by atoms with E-state index in [1.54, 1.807) is 12.1 Å². The zero-order valence-corrected chi connectivity index (χ0v) is 14.3. The van der Waals surface area contributed by atoms with Gasteiger partial charge in [0.25, 0.3) is 0 Å². The summed E-state index contributed by atoms with van der Waals surface area (Å²) in [5, 5.41) is 11.9. The molecule has 0 saturated heterocycles. The first-order valence-electron chi connectivity index (χ1n) is 8.13. The summed E-state index contributed by atoms with van der Waals surface area (Å²) in [4.78, 5) is 15.2. The van der Waals surface area contributed by atoms with Gasteiger partial charge in [0, 0.05) is 24.0 Å². The van der Waals surface area contributed by atoms with Crippen molar-refractivity contribution in [3.63, 3.8) is 0 Å². The molecule has 2 N–H and O–H groups in total. The summed E-state index contributed by atoms with van der Waals surface area (Å²) in [6.07, 6.45) is -2.85. The number of anilines is 1. The van der Waals surface area contributed by atoms with E-state index >= 15 is 0 Å². The van der Waals surface area contributed by atoms with Crippen LogP contribution in [0.25, 0.3) is 11.3 Å². The number of carbonyl (C=O) groups is 1. The number of nitrogens with zero attached hydrogens (tertiary/aromatic N) is 1. The van der Waals surface area contributed by atoms with Gasteiger partial charge in [0.15, 0.2) is 0 Å². The van der Waals surface area contributed by atoms with Crippen LogP contribution in [0.5, 0.6) is 0 Å². The zero-order valence-electron chi connectivity index (χ0n) is 14.3. The molecule has 1 heterocycles. The summed E-state index contributed by atoms with van der Waals surface area (Å²) in [5.41, 5.74) is 1.20. The molecule has 0 unspecified atom stereocenters. The number of hydrogen-bond donors (Lipinski definition) is 2. The fourth-order valence-electron chi connectivity index (χ4n) is 2.55. The van der Waals surface area contributed by atoms with E-state index in [0.29, 0.717) is 16.9 Å². The van der Waals surface area contributed by atoms with E-state index in [4.69, 9.17) is 5.11 Å². The Balaban J connectivity index is 1.69. The van der Waals surface area contributed by atoms with E-state index in [9.17, 15) is 22.4 Å². The fraction of sp³-hybridized carbons (Fsp3) is 0.100. The first-order valence-corrected chi connectivity index (χ1v) is 8.13. The Hall–Kier alpha value is -3.42. The van der Waals surface area contributed by atoms with E-state index in [-0.39, 0.29) is 12.1 Å². The van der Waals surface area contributed by atoms with Gasteiger partial charge in [-0.25, -0.2) is 9.18 Å². The van der Waals surface area contributed by atoms with Crippen LogP contribution in [0.15, 0.2) is 60.8 Å². The molecule has 0 spiro atoms. The number of benzene rings is 2. The van der Waals surface area contributed by atoms with Crippen LogP contribution < -0.4 is 5.32 Å². The summed E-state index contributed by atoms with van der Waals surface area (Å²) in [6.45, 7) is 0.267. The number of carboxylic acids is 1. The number of halogens is 4. The number of hydrogen-bond acceptors (Lipinski definition) is 3. The minimum Gasteiger partial charge on any atom is -0.478 e. The normalized spacial score (nSPS) is 11.3. The molecule has 0 aliphatic carbocycles. The number of alkyl halides is 3. The highest BCUT2D eigenvalue weighted by Crippen LogP contribution is 2.30. The molecule has 3 aromatic rings. The first kappa shape index (κ1) is 19.3. The Morgan fingerprint density at radius 3 is 2.32 bits per heavy atom. The average molecular weight is 390 g/mol. The molecule has 3 rings (SSSR count). The number of aromatic carboxylic acids is 1. The maximum atomic E-state index is 13.5. The van der Waals surface area contributed by atoms with Crippen LogP contribution in [0, 0.1) is 5.82 Å². The molecule has 0 fully saturated rings. The molecule has 1 aromatic heterocycles. The molecule has 28 heavy (non-hydrogen) atoms. The third-order valence-corrected chi connectivity index (χ3v) is 3.97. The second-order valence-corrected chi connectivity index (χ2v) is 6.01. The van der Waals surface area contributed by atoms with Gasteiger partial charge in [-0.05, 0) is 42.0 Å². The highest BCUT2D eigenvalue weighted by molar-refractivity contribution is 5.88. The highest BCUT2D eigenvalue weighted by Gasteiger charge is 2.29. The standard InChI is InChI=1S/C20H14F4N2O2/c21-16-7-14(19(27)28)8-17(9-16)25-10-12-1-6-18(26-11-12)13-2-4-15(5-3-13)20(22,23)24/h1-9,11,25H,10H2,(H,27,28). The van der Waals surface area contributed by atoms with Gasteiger partial charge in [0.05, 0.1) is 16.8 Å². The molecular weight excluding hydrogens is 376 g/mol. The van der Waals surface area contributed by atoms with Crippen molar-refractivity contribution < 1.29 is 27.5 Å². The third-order valence-electron chi connectivity index (χ3n) is 3.97. The van der Waals surface area contributed by atoms with E-state index in [2.05, 4.69) is 10.3 Å². The van der Waals surface area contributed by atoms with Crippen LogP contribution in [-0.2, 0) is 12.7 Å². The first-order chi connectivity index (χ1) is 13.2. The molecule has 0 amide bonds. The lowest BCUT2D eigenvalue weighted by atomic mass is 10.1. The van der Waals surface area contributed by atoms with Crippen molar-refractivity contribution in [2.75, 3.05) is 5.32 Å². The van der Waals surface area contributed by atoms with Crippen LogP contribution in [-0.4, -0.2) is 16.1 Å². The molecule has 2 aromatic carbocycles. The molecule has 8 heteroatoms. The maximum absolute atomic E-state index is 13.5. The summed E-state index contributed by atoms with van der Waals surface area (Å²) in [5.74, 6) is -1.90. The Bertz CT molecular complexity index is 985. The van der Waals surface area contributed by atoms with Gasteiger partial charge in [-0.2, -0.15) is 13.2 Å². The largest absolute Gasteiger partial charge is 0.478 e. The molecule has 0 radical (unpaired) electrons. The van der Waals surface area contributed by atoms with Crippen molar-refractivity contribution in [2.45, 2.75) is 12.7 Å². The second kappa shape index (κ2) is 7.67. The lowest BCUT2D eigenvalue weighted by Gasteiger charge is -2.09. The lowest BCUT2D eigenvalue weighted by molar-refractivity contribution is -0.137. The Kier molecular flexibility index (Phi) is 5.30. The van der Waals surface area contributed by atoms with Crippen LogP contribution >= 0.6 is 0 Å². The number of carboxylic acid groups (broad SMARTS) is 1. The quantitative estimate of drug-likeness (QED) is 0.587. The molecule has 0 bridgehead atoms. The van der Waals surface area contributed by atoms with Gasteiger partial charge in [0.1, 0.15) is 5.82 Å². The SMILES string of the molecule is O=C(O)c1cc(F)cc(NCc2ccc(-c3ccc(C(F)(F)F)cc3)nc2)c1. The van der Waals surface area contributed by atoms with E-state index < -0.39 is 23.5 Å². The predicted molar refractivity (Wildman–Crippen MR) is 95.4 cm³/mol. The van der Waals surface area contributed by atoms with Gasteiger partial charge >= 0.3 is 12.1 Å². The second-order valence-electron chi connectivity index (χ2n) is 6.01. The van der Waals surface area contributed by atoms with Crippen molar-refractivity contribution in [2.24, 2.45) is 0 Å². The van der Waals surface area contributed by atoms with E-state index in [0.717, 1.165) is 23.8 Å². The van der Waals surface area contributed by atoms with Crippen LogP contribution in [0.1, 0.15) is 21.5 Å². The number of aromatic nitrogens is 1. The van der Waals surface area contributed by atoms with Crippen molar-refractivity contribution in [3.05, 3.63) is 83.3 Å². The van der Waals surface area contributed by atoms with E-state index in [1.165, 1.54) is 30.5 Å². The third kappa shape index (κ3) is 4.64. The zero-order chi connectivity index (χ0) is 20.3. The fourth-order valence-corrected chi connectivity index (χ4v) is 2.55. The van der Waals surface area contributed by atoms with Crippen LogP contribution in [0.2, 0.25) is 0 Å². The molecule has 0 aliphatic rings. The Morgan fingerprint density at radius 1 is 1.04 bits per heavy atom. The minimum absolute atomic E-state index is 0.168. The molecular formula is C20H14F4N2O2. The lowest BCUT2D eigenvalue weighted by Crippen LogP contribution is -2.04. The maximum Gasteiger partial charge on any atom is 0.416 e. The minimum atomic E-state index is -4.39. The summed E-state index contributed by atoms with van der Waals surface area (Å²) >= 11 is 0. The summed E-state index contributed by atoms with van der Waals surface area (Å²) in [7, 11) is 0. The number of rotatable bonds is 5. The Morgan fingerprint density at radius 2 is 1.75 bits per heavy atom. The topological polar surface area (TPSA) is 62.2 Å². The van der Waals surface area contributed by atoms with Crippen molar-refractivity contribution in [1.82, 2.24) is 4.98 Å². The van der Waals surface area contributed by atoms with Crippen molar-refractivity contribution in [3.8, 4) is 11.3 Å². The van der Waals surface area contributed by atoms with E-state index in [1.807, 2.05) is 0 Å². The predicted octanol–water partition coefficient (Wildman–Crippen LogP) is 5.22. The summed E-state index contributed by atoms with van der Waals surface area (Å²) in [6, 6.07) is 11.5. The van der Waals surface area contributed by atoms with Crippen molar-refractivity contribution >= 4 is 11.7 Å². The average Bonchev–Trinajstić information content (AvgIpc) is 2.66.